The maximum atomic E-state index is 12.1. The van der Waals surface area contributed by atoms with Gasteiger partial charge in [-0.05, 0) is 24.3 Å². The summed E-state index contributed by atoms with van der Waals surface area (Å²) in [5.41, 5.74) is 5.59. The number of carbonyl (C=O) groups excluding carboxylic acids is 1. The van der Waals surface area contributed by atoms with Gasteiger partial charge in [0, 0.05) is 11.4 Å². The van der Waals surface area contributed by atoms with Gasteiger partial charge in [-0.3, -0.25) is 4.79 Å². The smallest absolute Gasteiger partial charge is 0.228 e. The van der Waals surface area contributed by atoms with Crippen molar-refractivity contribution in [3.8, 4) is 0 Å². The van der Waals surface area contributed by atoms with E-state index in [1.165, 1.54) is 0 Å². The standard InChI is InChI=1S/C11H15N3O2S/c12-11(13-16)9-4-1-5-14(9)10(15)7-8-3-2-6-17-8/h2-3,6,9,16H,1,4-5,7H2,(H2,12,13). The Kier molecular flexibility index (Phi) is 3.63. The summed E-state index contributed by atoms with van der Waals surface area (Å²) in [7, 11) is 0. The first-order chi connectivity index (χ1) is 8.22. The fourth-order valence-corrected chi connectivity index (χ4v) is 2.80. The van der Waals surface area contributed by atoms with Crippen molar-refractivity contribution in [3.05, 3.63) is 22.4 Å². The van der Waals surface area contributed by atoms with Crippen molar-refractivity contribution in [3.63, 3.8) is 0 Å². The minimum absolute atomic E-state index is 0.0431. The Bertz CT molecular complexity index is 416. The van der Waals surface area contributed by atoms with Crippen LogP contribution < -0.4 is 5.73 Å². The van der Waals surface area contributed by atoms with Gasteiger partial charge in [0.2, 0.25) is 5.91 Å². The number of amides is 1. The summed E-state index contributed by atoms with van der Waals surface area (Å²) in [6.07, 6.45) is 2.07. The van der Waals surface area contributed by atoms with Crippen LogP contribution in [0.15, 0.2) is 22.7 Å². The third-order valence-corrected chi connectivity index (χ3v) is 3.81. The molecule has 1 atom stereocenters. The number of likely N-dealkylation sites (tertiary alicyclic amines) is 1. The molecule has 0 saturated carbocycles. The molecule has 6 heteroatoms. The molecule has 0 aliphatic carbocycles. The van der Waals surface area contributed by atoms with E-state index in [1.807, 2.05) is 17.5 Å². The fraction of sp³-hybridized carbons (Fsp3) is 0.455. The van der Waals surface area contributed by atoms with Crippen LogP contribution in [-0.2, 0) is 11.2 Å². The molecule has 17 heavy (non-hydrogen) atoms. The van der Waals surface area contributed by atoms with Crippen molar-refractivity contribution in [1.82, 2.24) is 4.90 Å². The van der Waals surface area contributed by atoms with E-state index in [-0.39, 0.29) is 17.8 Å². The number of hydrogen-bond donors (Lipinski definition) is 2. The topological polar surface area (TPSA) is 78.9 Å². The molecule has 92 valence electrons. The monoisotopic (exact) mass is 253 g/mol. The highest BCUT2D eigenvalue weighted by Crippen LogP contribution is 2.20. The van der Waals surface area contributed by atoms with E-state index >= 15 is 0 Å². The van der Waals surface area contributed by atoms with Gasteiger partial charge in [0.1, 0.15) is 0 Å². The Balaban J connectivity index is 2.03. The van der Waals surface area contributed by atoms with Crippen LogP contribution in [0.3, 0.4) is 0 Å². The summed E-state index contributed by atoms with van der Waals surface area (Å²) in [4.78, 5) is 14.8. The van der Waals surface area contributed by atoms with Gasteiger partial charge in [-0.1, -0.05) is 11.2 Å². The van der Waals surface area contributed by atoms with Crippen LogP contribution in [0.1, 0.15) is 17.7 Å². The number of carbonyl (C=O) groups is 1. The lowest BCUT2D eigenvalue weighted by Crippen LogP contribution is -2.44. The van der Waals surface area contributed by atoms with Crippen LogP contribution in [0.25, 0.3) is 0 Å². The summed E-state index contributed by atoms with van der Waals surface area (Å²) < 4.78 is 0. The molecule has 0 radical (unpaired) electrons. The van der Waals surface area contributed by atoms with Crippen molar-refractivity contribution in [2.45, 2.75) is 25.3 Å². The highest BCUT2D eigenvalue weighted by molar-refractivity contribution is 7.10. The van der Waals surface area contributed by atoms with Gasteiger partial charge in [-0.25, -0.2) is 0 Å². The average Bonchev–Trinajstić information content (AvgIpc) is 2.97. The third kappa shape index (κ3) is 2.58. The maximum absolute atomic E-state index is 12.1. The minimum Gasteiger partial charge on any atom is -0.409 e. The predicted molar refractivity (Wildman–Crippen MR) is 66.2 cm³/mol. The minimum atomic E-state index is -0.243. The van der Waals surface area contributed by atoms with E-state index < -0.39 is 0 Å². The van der Waals surface area contributed by atoms with Gasteiger partial charge in [-0.2, -0.15) is 0 Å². The summed E-state index contributed by atoms with van der Waals surface area (Å²) in [6, 6.07) is 3.63. The molecule has 1 aromatic rings. The first-order valence-electron chi connectivity index (χ1n) is 5.51. The van der Waals surface area contributed by atoms with E-state index in [0.717, 1.165) is 17.7 Å². The molecule has 0 spiro atoms. The SMILES string of the molecule is NC(=NO)C1CCCN1C(=O)Cc1cccs1. The van der Waals surface area contributed by atoms with Crippen LogP contribution in [0, 0.1) is 0 Å². The van der Waals surface area contributed by atoms with Crippen LogP contribution in [0.4, 0.5) is 0 Å². The molecule has 0 bridgehead atoms. The van der Waals surface area contributed by atoms with E-state index in [1.54, 1.807) is 16.2 Å². The number of thiophene rings is 1. The van der Waals surface area contributed by atoms with Gasteiger partial charge >= 0.3 is 0 Å². The molecule has 1 saturated heterocycles. The normalized spacial score (nSPS) is 20.8. The summed E-state index contributed by atoms with van der Waals surface area (Å²) in [5, 5.41) is 13.6. The van der Waals surface area contributed by atoms with Crippen molar-refractivity contribution >= 4 is 23.1 Å². The molecule has 1 aliphatic rings. The average molecular weight is 253 g/mol. The van der Waals surface area contributed by atoms with Gasteiger partial charge in [0.05, 0.1) is 12.5 Å². The van der Waals surface area contributed by atoms with E-state index in [4.69, 9.17) is 10.9 Å². The number of amidine groups is 1. The van der Waals surface area contributed by atoms with Crippen molar-refractivity contribution in [2.24, 2.45) is 10.9 Å². The second-order valence-corrected chi connectivity index (χ2v) is 5.06. The lowest BCUT2D eigenvalue weighted by atomic mass is 10.2. The summed E-state index contributed by atoms with van der Waals surface area (Å²) in [6.45, 7) is 0.686. The number of nitrogens with two attached hydrogens (primary N) is 1. The Labute approximate surface area is 104 Å². The van der Waals surface area contributed by atoms with Crippen LogP contribution in [0.5, 0.6) is 0 Å². The van der Waals surface area contributed by atoms with Gasteiger partial charge in [-0.15, -0.1) is 11.3 Å². The van der Waals surface area contributed by atoms with Gasteiger partial charge in [0.15, 0.2) is 5.84 Å². The Morgan fingerprint density at radius 2 is 2.53 bits per heavy atom. The van der Waals surface area contributed by atoms with E-state index in [2.05, 4.69) is 5.16 Å². The number of nitrogens with zero attached hydrogens (tertiary/aromatic N) is 2. The first-order valence-corrected chi connectivity index (χ1v) is 6.39. The molecule has 2 rings (SSSR count). The quantitative estimate of drug-likeness (QED) is 0.365. The van der Waals surface area contributed by atoms with Gasteiger partial charge < -0.3 is 15.8 Å². The number of oxime groups is 1. The molecule has 1 unspecified atom stereocenters. The highest BCUT2D eigenvalue weighted by Gasteiger charge is 2.31. The first kappa shape index (κ1) is 11.9. The Morgan fingerprint density at radius 1 is 1.71 bits per heavy atom. The predicted octanol–water partition coefficient (Wildman–Crippen LogP) is 1.03. The largest absolute Gasteiger partial charge is 0.409 e. The lowest BCUT2D eigenvalue weighted by Gasteiger charge is -2.23. The lowest BCUT2D eigenvalue weighted by molar-refractivity contribution is -0.130. The van der Waals surface area contributed by atoms with Crippen LogP contribution in [-0.4, -0.2) is 34.4 Å². The molecular weight excluding hydrogens is 238 g/mol. The molecule has 0 aromatic carbocycles. The molecule has 1 aromatic heterocycles. The molecular formula is C11H15N3O2S. The number of hydrogen-bond acceptors (Lipinski definition) is 4. The molecule has 1 amide bonds. The van der Waals surface area contributed by atoms with Gasteiger partial charge in [0.25, 0.3) is 0 Å². The highest BCUT2D eigenvalue weighted by atomic mass is 32.1. The van der Waals surface area contributed by atoms with Crippen LogP contribution in [0.2, 0.25) is 0 Å². The van der Waals surface area contributed by atoms with Crippen LogP contribution >= 0.6 is 11.3 Å². The molecule has 2 heterocycles. The second-order valence-electron chi connectivity index (χ2n) is 4.03. The molecule has 3 N–H and O–H groups in total. The van der Waals surface area contributed by atoms with Crippen molar-refractivity contribution in [2.75, 3.05) is 6.54 Å². The zero-order valence-electron chi connectivity index (χ0n) is 9.37. The van der Waals surface area contributed by atoms with Crippen molar-refractivity contribution < 1.29 is 10.0 Å². The molecule has 1 fully saturated rings. The molecule has 5 nitrogen and oxygen atoms in total. The second kappa shape index (κ2) is 5.18. The zero-order valence-corrected chi connectivity index (χ0v) is 10.2. The number of rotatable bonds is 3. The summed E-state index contributed by atoms with van der Waals surface area (Å²) >= 11 is 1.57. The maximum Gasteiger partial charge on any atom is 0.228 e. The Morgan fingerprint density at radius 3 is 3.18 bits per heavy atom. The van der Waals surface area contributed by atoms with E-state index in [0.29, 0.717) is 13.0 Å². The Hall–Kier alpha value is -1.56. The fourth-order valence-electron chi connectivity index (χ4n) is 2.10. The zero-order chi connectivity index (χ0) is 12.3. The third-order valence-electron chi connectivity index (χ3n) is 2.94. The summed E-state index contributed by atoms with van der Waals surface area (Å²) in [5.74, 6) is 0.170. The van der Waals surface area contributed by atoms with E-state index in [9.17, 15) is 4.79 Å². The molecule has 1 aliphatic heterocycles. The van der Waals surface area contributed by atoms with Crippen molar-refractivity contribution in [1.29, 1.82) is 0 Å².